The Labute approximate surface area is 48.8 Å². The second kappa shape index (κ2) is 2.44. The van der Waals surface area contributed by atoms with Crippen molar-refractivity contribution in [1.82, 2.24) is 0 Å². The third kappa shape index (κ3) is 1.19. The minimum atomic E-state index is -0.997. The molecule has 0 aromatic heterocycles. The van der Waals surface area contributed by atoms with E-state index in [1.165, 1.54) is 0 Å². The van der Waals surface area contributed by atoms with E-state index < -0.39 is 6.36 Å². The molecule has 2 unspecified atom stereocenters. The second-order valence-electron chi connectivity index (χ2n) is 2.34. The SMILES string of the molecule is CC1CCCOC1F. The molecule has 0 spiro atoms. The summed E-state index contributed by atoms with van der Waals surface area (Å²) in [6.45, 7) is 2.48. The first-order valence-corrected chi connectivity index (χ1v) is 3.06. The summed E-state index contributed by atoms with van der Waals surface area (Å²) in [5.41, 5.74) is 0. The normalized spacial score (nSPS) is 39.8. The maximum Gasteiger partial charge on any atom is 0.201 e. The van der Waals surface area contributed by atoms with Crippen molar-refractivity contribution >= 4 is 0 Å². The van der Waals surface area contributed by atoms with Gasteiger partial charge in [0.2, 0.25) is 6.36 Å². The molecule has 0 aromatic carbocycles. The Kier molecular flexibility index (Phi) is 1.84. The van der Waals surface area contributed by atoms with Crippen LogP contribution in [0.4, 0.5) is 4.39 Å². The van der Waals surface area contributed by atoms with Gasteiger partial charge in [0.15, 0.2) is 0 Å². The van der Waals surface area contributed by atoms with Crippen molar-refractivity contribution < 1.29 is 9.13 Å². The standard InChI is InChI=1S/C6H11FO/c1-5-3-2-4-8-6(5)7/h5-6H,2-4H2,1H3. The van der Waals surface area contributed by atoms with Crippen LogP contribution in [0.25, 0.3) is 0 Å². The molecule has 2 atom stereocenters. The Morgan fingerprint density at radius 3 is 2.75 bits per heavy atom. The highest BCUT2D eigenvalue weighted by molar-refractivity contribution is 4.60. The lowest BCUT2D eigenvalue weighted by atomic mass is 10.0. The van der Waals surface area contributed by atoms with E-state index in [9.17, 15) is 4.39 Å². The molecule has 0 saturated carbocycles. The summed E-state index contributed by atoms with van der Waals surface area (Å²) >= 11 is 0. The van der Waals surface area contributed by atoms with E-state index in [-0.39, 0.29) is 5.92 Å². The van der Waals surface area contributed by atoms with Gasteiger partial charge in [-0.05, 0) is 12.8 Å². The lowest BCUT2D eigenvalue weighted by Gasteiger charge is -2.21. The highest BCUT2D eigenvalue weighted by atomic mass is 19.1. The number of ether oxygens (including phenoxy) is 1. The number of halogens is 1. The van der Waals surface area contributed by atoms with Gasteiger partial charge in [0.1, 0.15) is 0 Å². The molecule has 48 valence electrons. The molecule has 0 bridgehead atoms. The van der Waals surface area contributed by atoms with Crippen molar-refractivity contribution in [3.63, 3.8) is 0 Å². The van der Waals surface area contributed by atoms with E-state index in [0.29, 0.717) is 6.61 Å². The first-order valence-electron chi connectivity index (χ1n) is 3.06. The zero-order valence-corrected chi connectivity index (χ0v) is 5.06. The first-order chi connectivity index (χ1) is 3.80. The molecule has 1 aliphatic rings. The van der Waals surface area contributed by atoms with Gasteiger partial charge in [0.05, 0.1) is 6.61 Å². The number of hydrogen-bond acceptors (Lipinski definition) is 1. The Morgan fingerprint density at radius 2 is 2.38 bits per heavy atom. The zero-order chi connectivity index (χ0) is 5.98. The van der Waals surface area contributed by atoms with Gasteiger partial charge >= 0.3 is 0 Å². The maximum atomic E-state index is 12.4. The minimum Gasteiger partial charge on any atom is -0.348 e. The van der Waals surface area contributed by atoms with E-state index in [0.717, 1.165) is 12.8 Å². The molecule has 8 heavy (non-hydrogen) atoms. The van der Waals surface area contributed by atoms with E-state index >= 15 is 0 Å². The van der Waals surface area contributed by atoms with Crippen LogP contribution in [0.15, 0.2) is 0 Å². The van der Waals surface area contributed by atoms with E-state index in [4.69, 9.17) is 4.74 Å². The fraction of sp³-hybridized carbons (Fsp3) is 1.00. The van der Waals surface area contributed by atoms with E-state index in [1.807, 2.05) is 6.92 Å². The largest absolute Gasteiger partial charge is 0.348 e. The van der Waals surface area contributed by atoms with E-state index in [1.54, 1.807) is 0 Å². The lowest BCUT2D eigenvalue weighted by Crippen LogP contribution is -2.22. The van der Waals surface area contributed by atoms with Crippen molar-refractivity contribution in [2.24, 2.45) is 5.92 Å². The van der Waals surface area contributed by atoms with E-state index in [2.05, 4.69) is 0 Å². The van der Waals surface area contributed by atoms with Crippen molar-refractivity contribution in [3.05, 3.63) is 0 Å². The minimum absolute atomic E-state index is 0.115. The molecule has 2 heteroatoms. The quantitative estimate of drug-likeness (QED) is 0.470. The number of rotatable bonds is 0. The molecular formula is C6H11FO. The Bertz CT molecular complexity index is 64.9. The van der Waals surface area contributed by atoms with Crippen LogP contribution in [0.3, 0.4) is 0 Å². The maximum absolute atomic E-state index is 12.4. The molecule has 1 rings (SSSR count). The number of alkyl halides is 1. The molecule has 0 N–H and O–H groups in total. The van der Waals surface area contributed by atoms with Crippen LogP contribution in [0.5, 0.6) is 0 Å². The molecule has 0 aromatic rings. The van der Waals surface area contributed by atoms with Crippen LogP contribution < -0.4 is 0 Å². The number of hydrogen-bond donors (Lipinski definition) is 0. The fourth-order valence-electron chi connectivity index (χ4n) is 0.897. The van der Waals surface area contributed by atoms with Crippen LogP contribution in [-0.2, 0) is 4.74 Å². The second-order valence-corrected chi connectivity index (χ2v) is 2.34. The van der Waals surface area contributed by atoms with Gasteiger partial charge in [-0.25, -0.2) is 4.39 Å². The summed E-state index contributed by atoms with van der Waals surface area (Å²) in [4.78, 5) is 0. The van der Waals surface area contributed by atoms with Gasteiger partial charge in [0.25, 0.3) is 0 Å². The van der Waals surface area contributed by atoms with Crippen molar-refractivity contribution in [2.45, 2.75) is 26.1 Å². The molecular weight excluding hydrogens is 107 g/mol. The summed E-state index contributed by atoms with van der Waals surface area (Å²) in [6.07, 6.45) is 0.992. The molecule has 0 amide bonds. The molecule has 1 heterocycles. The van der Waals surface area contributed by atoms with Crippen LogP contribution >= 0.6 is 0 Å². The fourth-order valence-corrected chi connectivity index (χ4v) is 0.897. The molecule has 0 radical (unpaired) electrons. The van der Waals surface area contributed by atoms with Gasteiger partial charge in [0, 0.05) is 5.92 Å². The predicted molar refractivity (Wildman–Crippen MR) is 29.2 cm³/mol. The first kappa shape index (κ1) is 6.02. The topological polar surface area (TPSA) is 9.23 Å². The van der Waals surface area contributed by atoms with Gasteiger partial charge in [-0.2, -0.15) is 0 Å². The summed E-state index contributed by atoms with van der Waals surface area (Å²) in [5, 5.41) is 0. The molecule has 1 nitrogen and oxygen atoms in total. The van der Waals surface area contributed by atoms with Gasteiger partial charge in [-0.1, -0.05) is 6.92 Å². The molecule has 1 aliphatic heterocycles. The lowest BCUT2D eigenvalue weighted by molar-refractivity contribution is -0.101. The van der Waals surface area contributed by atoms with Crippen molar-refractivity contribution in [2.75, 3.05) is 6.61 Å². The Morgan fingerprint density at radius 1 is 1.62 bits per heavy atom. The zero-order valence-electron chi connectivity index (χ0n) is 5.06. The van der Waals surface area contributed by atoms with Gasteiger partial charge < -0.3 is 4.74 Å². The van der Waals surface area contributed by atoms with Gasteiger partial charge in [-0.15, -0.1) is 0 Å². The highest BCUT2D eigenvalue weighted by Gasteiger charge is 2.20. The Balaban J connectivity index is 2.28. The summed E-state index contributed by atoms with van der Waals surface area (Å²) < 4.78 is 17.1. The van der Waals surface area contributed by atoms with Crippen LogP contribution in [0, 0.1) is 5.92 Å². The average Bonchev–Trinajstić information content (AvgIpc) is 1.77. The van der Waals surface area contributed by atoms with Crippen molar-refractivity contribution in [3.8, 4) is 0 Å². The van der Waals surface area contributed by atoms with Crippen LogP contribution in [-0.4, -0.2) is 13.0 Å². The molecule has 1 saturated heterocycles. The monoisotopic (exact) mass is 118 g/mol. The predicted octanol–water partition coefficient (Wildman–Crippen LogP) is 1.73. The van der Waals surface area contributed by atoms with Gasteiger partial charge in [-0.3, -0.25) is 0 Å². The van der Waals surface area contributed by atoms with Crippen LogP contribution in [0.2, 0.25) is 0 Å². The smallest absolute Gasteiger partial charge is 0.201 e. The van der Waals surface area contributed by atoms with Crippen molar-refractivity contribution in [1.29, 1.82) is 0 Å². The average molecular weight is 118 g/mol. The third-order valence-electron chi connectivity index (χ3n) is 1.53. The summed E-state index contributed by atoms with van der Waals surface area (Å²) in [6, 6.07) is 0. The molecule has 1 fully saturated rings. The molecule has 0 aliphatic carbocycles. The Hall–Kier alpha value is -0.110. The summed E-state index contributed by atoms with van der Waals surface area (Å²) in [7, 11) is 0. The highest BCUT2D eigenvalue weighted by Crippen LogP contribution is 2.20. The summed E-state index contributed by atoms with van der Waals surface area (Å²) in [5.74, 6) is 0.115. The third-order valence-corrected chi connectivity index (χ3v) is 1.53. The van der Waals surface area contributed by atoms with Crippen LogP contribution in [0.1, 0.15) is 19.8 Å².